The standard InChI is InChI=1S/C14H21N5S/c1-2-4-15-12-9-19-6-5-16-14(19)13(18-12)17-8-11-3-7-20-10-11/h5-6,9,11,15H,2-4,7-8,10H2,1H3,(H,17,18). The van der Waals surface area contributed by atoms with Crippen molar-refractivity contribution >= 4 is 29.0 Å². The number of thioether (sulfide) groups is 1. The number of nitrogens with zero attached hydrogens (tertiary/aromatic N) is 3. The minimum Gasteiger partial charge on any atom is -0.369 e. The van der Waals surface area contributed by atoms with Crippen LogP contribution in [0.5, 0.6) is 0 Å². The molecule has 3 heterocycles. The van der Waals surface area contributed by atoms with E-state index in [0.29, 0.717) is 0 Å². The molecule has 0 aromatic carbocycles. The van der Waals surface area contributed by atoms with E-state index in [2.05, 4.69) is 27.5 Å². The molecule has 20 heavy (non-hydrogen) atoms. The van der Waals surface area contributed by atoms with E-state index in [1.165, 1.54) is 17.9 Å². The van der Waals surface area contributed by atoms with Gasteiger partial charge < -0.3 is 15.0 Å². The molecule has 1 saturated heterocycles. The van der Waals surface area contributed by atoms with Crippen molar-refractivity contribution in [3.63, 3.8) is 0 Å². The molecule has 0 amide bonds. The van der Waals surface area contributed by atoms with E-state index in [-0.39, 0.29) is 0 Å². The highest BCUT2D eigenvalue weighted by Gasteiger charge is 2.16. The predicted molar refractivity (Wildman–Crippen MR) is 85.7 cm³/mol. The molecule has 6 heteroatoms. The van der Waals surface area contributed by atoms with Crippen LogP contribution in [0.3, 0.4) is 0 Å². The summed E-state index contributed by atoms with van der Waals surface area (Å²) in [7, 11) is 0. The van der Waals surface area contributed by atoms with E-state index in [1.54, 1.807) is 0 Å². The second kappa shape index (κ2) is 6.35. The van der Waals surface area contributed by atoms with E-state index in [0.717, 1.165) is 42.7 Å². The number of nitrogens with one attached hydrogen (secondary N) is 2. The van der Waals surface area contributed by atoms with Crippen molar-refractivity contribution in [3.05, 3.63) is 18.6 Å². The summed E-state index contributed by atoms with van der Waals surface area (Å²) in [5.41, 5.74) is 0.901. The number of aromatic nitrogens is 3. The average Bonchev–Trinajstić information content (AvgIpc) is 3.13. The maximum atomic E-state index is 4.66. The summed E-state index contributed by atoms with van der Waals surface area (Å²) in [6.45, 7) is 4.07. The highest BCUT2D eigenvalue weighted by molar-refractivity contribution is 7.99. The van der Waals surface area contributed by atoms with Crippen molar-refractivity contribution in [1.82, 2.24) is 14.4 Å². The first-order valence-corrected chi connectivity index (χ1v) is 8.41. The first-order chi connectivity index (χ1) is 9.86. The van der Waals surface area contributed by atoms with Crippen LogP contribution in [-0.2, 0) is 0 Å². The van der Waals surface area contributed by atoms with Gasteiger partial charge in [-0.2, -0.15) is 11.8 Å². The third-order valence-corrected chi connectivity index (χ3v) is 4.74. The molecular weight excluding hydrogens is 270 g/mol. The predicted octanol–water partition coefficient (Wildman–Crippen LogP) is 2.72. The Bertz CT molecular complexity index is 562. The average molecular weight is 291 g/mol. The fourth-order valence-electron chi connectivity index (χ4n) is 2.37. The van der Waals surface area contributed by atoms with E-state index < -0.39 is 0 Å². The van der Waals surface area contributed by atoms with Crippen LogP contribution < -0.4 is 10.6 Å². The van der Waals surface area contributed by atoms with Crippen LogP contribution in [0.25, 0.3) is 5.65 Å². The highest BCUT2D eigenvalue weighted by atomic mass is 32.2. The number of hydrogen-bond donors (Lipinski definition) is 2. The van der Waals surface area contributed by atoms with Crippen LogP contribution in [0.2, 0.25) is 0 Å². The van der Waals surface area contributed by atoms with Crippen molar-refractivity contribution in [2.45, 2.75) is 19.8 Å². The van der Waals surface area contributed by atoms with Crippen molar-refractivity contribution in [2.75, 3.05) is 35.2 Å². The lowest BCUT2D eigenvalue weighted by atomic mass is 10.1. The fraction of sp³-hybridized carbons (Fsp3) is 0.571. The Morgan fingerprint density at radius 1 is 1.45 bits per heavy atom. The topological polar surface area (TPSA) is 54.2 Å². The molecule has 2 aromatic heterocycles. The van der Waals surface area contributed by atoms with E-state index >= 15 is 0 Å². The first kappa shape index (κ1) is 13.5. The summed E-state index contributed by atoms with van der Waals surface area (Å²) >= 11 is 2.04. The van der Waals surface area contributed by atoms with Crippen molar-refractivity contribution in [3.8, 4) is 0 Å². The molecule has 1 unspecified atom stereocenters. The number of anilines is 2. The molecule has 1 fully saturated rings. The molecule has 0 aliphatic carbocycles. The molecule has 0 radical (unpaired) electrons. The van der Waals surface area contributed by atoms with E-state index in [9.17, 15) is 0 Å². The molecule has 1 atom stereocenters. The van der Waals surface area contributed by atoms with Gasteiger partial charge in [-0.3, -0.25) is 0 Å². The lowest BCUT2D eigenvalue weighted by Gasteiger charge is -2.13. The monoisotopic (exact) mass is 291 g/mol. The maximum Gasteiger partial charge on any atom is 0.180 e. The smallest absolute Gasteiger partial charge is 0.180 e. The number of imidazole rings is 1. The lowest BCUT2D eigenvalue weighted by molar-refractivity contribution is 0.630. The molecule has 0 spiro atoms. The van der Waals surface area contributed by atoms with Gasteiger partial charge in [-0.1, -0.05) is 6.92 Å². The van der Waals surface area contributed by atoms with Crippen molar-refractivity contribution < 1.29 is 0 Å². The second-order valence-electron chi connectivity index (χ2n) is 5.17. The van der Waals surface area contributed by atoms with Crippen molar-refractivity contribution in [2.24, 2.45) is 5.92 Å². The SMILES string of the molecule is CCCNc1cn2ccnc2c(NCC2CCSC2)n1. The summed E-state index contributed by atoms with van der Waals surface area (Å²) < 4.78 is 2.02. The Morgan fingerprint density at radius 2 is 2.40 bits per heavy atom. The molecule has 5 nitrogen and oxygen atoms in total. The zero-order chi connectivity index (χ0) is 13.8. The van der Waals surface area contributed by atoms with Gasteiger partial charge in [-0.05, 0) is 30.3 Å². The zero-order valence-electron chi connectivity index (χ0n) is 11.8. The Labute approximate surface area is 123 Å². The first-order valence-electron chi connectivity index (χ1n) is 7.26. The third-order valence-electron chi connectivity index (χ3n) is 3.51. The lowest BCUT2D eigenvalue weighted by Crippen LogP contribution is -2.16. The van der Waals surface area contributed by atoms with Gasteiger partial charge in [0.15, 0.2) is 11.5 Å². The largest absolute Gasteiger partial charge is 0.369 e. The minimum atomic E-state index is 0.754. The molecule has 108 valence electrons. The Balaban J connectivity index is 1.77. The maximum absolute atomic E-state index is 4.66. The van der Waals surface area contributed by atoms with Gasteiger partial charge in [0.25, 0.3) is 0 Å². The van der Waals surface area contributed by atoms with Crippen LogP contribution >= 0.6 is 11.8 Å². The van der Waals surface area contributed by atoms with Crippen LogP contribution in [0.1, 0.15) is 19.8 Å². The Kier molecular flexibility index (Phi) is 4.30. The van der Waals surface area contributed by atoms with Gasteiger partial charge >= 0.3 is 0 Å². The zero-order valence-corrected chi connectivity index (χ0v) is 12.6. The van der Waals surface area contributed by atoms with Gasteiger partial charge in [0.1, 0.15) is 5.82 Å². The quantitative estimate of drug-likeness (QED) is 0.857. The summed E-state index contributed by atoms with van der Waals surface area (Å²) in [4.78, 5) is 9.05. The minimum absolute atomic E-state index is 0.754. The second-order valence-corrected chi connectivity index (χ2v) is 6.32. The van der Waals surface area contributed by atoms with Crippen LogP contribution in [-0.4, -0.2) is 39.0 Å². The molecule has 3 rings (SSSR count). The van der Waals surface area contributed by atoms with Gasteiger partial charge in [-0.25, -0.2) is 9.97 Å². The normalized spacial score (nSPS) is 18.6. The fourth-order valence-corrected chi connectivity index (χ4v) is 3.66. The molecule has 1 aliphatic rings. The number of hydrogen-bond acceptors (Lipinski definition) is 5. The Morgan fingerprint density at radius 3 is 3.20 bits per heavy atom. The van der Waals surface area contributed by atoms with E-state index in [4.69, 9.17) is 0 Å². The summed E-state index contributed by atoms with van der Waals surface area (Å²) in [5.74, 6) is 5.08. The summed E-state index contributed by atoms with van der Waals surface area (Å²) in [6, 6.07) is 0. The van der Waals surface area contributed by atoms with Gasteiger partial charge in [-0.15, -0.1) is 0 Å². The molecule has 0 saturated carbocycles. The number of rotatable bonds is 6. The van der Waals surface area contributed by atoms with Gasteiger partial charge in [0, 0.05) is 25.5 Å². The summed E-state index contributed by atoms with van der Waals surface area (Å²) in [6.07, 6.45) is 8.17. The van der Waals surface area contributed by atoms with Gasteiger partial charge in [0.05, 0.1) is 6.20 Å². The molecule has 2 aromatic rings. The van der Waals surface area contributed by atoms with Gasteiger partial charge in [0.2, 0.25) is 0 Å². The van der Waals surface area contributed by atoms with E-state index in [1.807, 2.05) is 34.8 Å². The molecular formula is C14H21N5S. The molecule has 2 N–H and O–H groups in total. The Hall–Kier alpha value is -1.43. The van der Waals surface area contributed by atoms with Crippen LogP contribution in [0.15, 0.2) is 18.6 Å². The number of fused-ring (bicyclic) bond motifs is 1. The summed E-state index contributed by atoms with van der Waals surface area (Å²) in [5, 5.41) is 6.83. The third kappa shape index (κ3) is 3.00. The highest BCUT2D eigenvalue weighted by Crippen LogP contribution is 2.24. The van der Waals surface area contributed by atoms with Crippen LogP contribution in [0.4, 0.5) is 11.6 Å². The van der Waals surface area contributed by atoms with Crippen LogP contribution in [0, 0.1) is 5.92 Å². The molecule has 1 aliphatic heterocycles. The molecule has 0 bridgehead atoms. The van der Waals surface area contributed by atoms with Crippen molar-refractivity contribution in [1.29, 1.82) is 0 Å².